The van der Waals surface area contributed by atoms with Crippen molar-refractivity contribution in [2.75, 3.05) is 30.4 Å². The van der Waals surface area contributed by atoms with Crippen molar-refractivity contribution in [2.45, 2.75) is 39.3 Å². The van der Waals surface area contributed by atoms with E-state index in [4.69, 9.17) is 4.74 Å². The molecule has 0 aliphatic carbocycles. The van der Waals surface area contributed by atoms with E-state index in [0.717, 1.165) is 11.5 Å². The van der Waals surface area contributed by atoms with Gasteiger partial charge in [0.1, 0.15) is 10.6 Å². The van der Waals surface area contributed by atoms with Crippen LogP contribution in [0.15, 0.2) is 0 Å². The summed E-state index contributed by atoms with van der Waals surface area (Å²) in [4.78, 5) is 26.5. The fraction of sp³-hybridized carbons (Fsp3) is 0.667. The number of anilines is 1. The molecule has 10 heteroatoms. The zero-order valence-corrected chi connectivity index (χ0v) is 16.4. The van der Waals surface area contributed by atoms with E-state index in [-0.39, 0.29) is 23.5 Å². The molecule has 1 aromatic rings. The summed E-state index contributed by atoms with van der Waals surface area (Å²) in [5.41, 5.74) is 0.854. The number of likely N-dealkylation sites (N-methyl/N-ethyl adjacent to an activating group) is 1. The molecule has 0 bridgehead atoms. The molecule has 2 atom stereocenters. The first-order chi connectivity index (χ1) is 11.7. The third kappa shape index (κ3) is 4.30. The van der Waals surface area contributed by atoms with Crippen molar-refractivity contribution in [2.24, 2.45) is 0 Å². The molecule has 2 rings (SSSR count). The number of carbonyl (C=O) groups is 2. The minimum atomic E-state index is -3.10. The molecule has 1 N–H and O–H groups in total. The predicted molar refractivity (Wildman–Crippen MR) is 95.7 cm³/mol. The van der Waals surface area contributed by atoms with Crippen LogP contribution in [-0.2, 0) is 19.4 Å². The topological polar surface area (TPSA) is 106 Å². The second kappa shape index (κ2) is 7.69. The van der Waals surface area contributed by atoms with Crippen molar-refractivity contribution in [1.82, 2.24) is 9.27 Å². The lowest BCUT2D eigenvalue weighted by Gasteiger charge is -2.29. The van der Waals surface area contributed by atoms with E-state index < -0.39 is 21.9 Å². The van der Waals surface area contributed by atoms with E-state index in [1.807, 2.05) is 0 Å². The number of rotatable bonds is 6. The molecular weight excluding hydrogens is 366 g/mol. The van der Waals surface area contributed by atoms with Crippen LogP contribution in [0.25, 0.3) is 0 Å². The van der Waals surface area contributed by atoms with Crippen molar-refractivity contribution in [3.05, 3.63) is 11.3 Å². The van der Waals surface area contributed by atoms with Crippen molar-refractivity contribution in [3.8, 4) is 0 Å². The number of nitrogens with zero attached hydrogens (tertiary/aromatic N) is 2. The minimum absolute atomic E-state index is 0.0370. The Hall–Kier alpha value is -1.68. The maximum Gasteiger partial charge on any atom is 0.343 e. The summed E-state index contributed by atoms with van der Waals surface area (Å²) in [6.45, 7) is 5.34. The molecule has 140 valence electrons. The second-order valence-corrected chi connectivity index (χ2v) is 8.95. The van der Waals surface area contributed by atoms with Gasteiger partial charge in [0.2, 0.25) is 0 Å². The molecule has 0 unspecified atom stereocenters. The lowest BCUT2D eigenvalue weighted by atomic mass is 10.2. The smallest absolute Gasteiger partial charge is 0.343 e. The fourth-order valence-corrected chi connectivity index (χ4v) is 5.36. The second-order valence-electron chi connectivity index (χ2n) is 5.95. The maximum atomic E-state index is 12.6. The Morgan fingerprint density at radius 2 is 2.16 bits per heavy atom. The maximum absolute atomic E-state index is 12.6. The van der Waals surface area contributed by atoms with Gasteiger partial charge in [-0.1, -0.05) is 0 Å². The first-order valence-electron chi connectivity index (χ1n) is 8.06. The van der Waals surface area contributed by atoms with Gasteiger partial charge in [0.25, 0.3) is 5.91 Å². The number of hydrogen-bond donors (Lipinski definition) is 1. The summed E-state index contributed by atoms with van der Waals surface area (Å²) >= 11 is 1.15. The lowest BCUT2D eigenvalue weighted by molar-refractivity contribution is -0.141. The predicted octanol–water partition coefficient (Wildman–Crippen LogP) is 1.07. The van der Waals surface area contributed by atoms with Crippen LogP contribution in [-0.4, -0.2) is 66.8 Å². The largest absolute Gasteiger partial charge is 0.449 e. The van der Waals surface area contributed by atoms with Crippen molar-refractivity contribution < 1.29 is 22.7 Å². The van der Waals surface area contributed by atoms with Crippen LogP contribution in [0.5, 0.6) is 0 Å². The Morgan fingerprint density at radius 3 is 2.68 bits per heavy atom. The average molecular weight is 389 g/mol. The van der Waals surface area contributed by atoms with Crippen LogP contribution in [0.2, 0.25) is 0 Å². The summed E-state index contributed by atoms with van der Waals surface area (Å²) in [7, 11) is -1.42. The summed E-state index contributed by atoms with van der Waals surface area (Å²) < 4.78 is 32.7. The Kier molecular flexibility index (Phi) is 6.04. The van der Waals surface area contributed by atoms with E-state index in [9.17, 15) is 18.0 Å². The van der Waals surface area contributed by atoms with Gasteiger partial charge >= 0.3 is 5.97 Å². The number of hydrogen-bond acceptors (Lipinski definition) is 8. The highest BCUT2D eigenvalue weighted by atomic mass is 32.2. The van der Waals surface area contributed by atoms with Crippen molar-refractivity contribution in [1.29, 1.82) is 0 Å². The zero-order valence-electron chi connectivity index (χ0n) is 14.7. The highest BCUT2D eigenvalue weighted by Gasteiger charge is 2.36. The normalized spacial score (nSPS) is 20.1. The molecule has 0 aromatic carbocycles. The number of sulfone groups is 1. The minimum Gasteiger partial charge on any atom is -0.449 e. The first-order valence-corrected chi connectivity index (χ1v) is 10.7. The molecule has 0 spiro atoms. The van der Waals surface area contributed by atoms with Gasteiger partial charge in [0, 0.05) is 19.6 Å². The van der Waals surface area contributed by atoms with Gasteiger partial charge in [-0.15, -0.1) is 0 Å². The number of amides is 1. The Balaban J connectivity index is 2.08. The van der Waals surface area contributed by atoms with E-state index >= 15 is 0 Å². The van der Waals surface area contributed by atoms with Gasteiger partial charge in [-0.05, 0) is 38.7 Å². The molecule has 0 saturated carbocycles. The number of carbonyl (C=O) groups excluding carboxylic acids is 2. The van der Waals surface area contributed by atoms with Crippen LogP contribution in [0, 0.1) is 6.92 Å². The molecule has 2 heterocycles. The van der Waals surface area contributed by atoms with E-state index in [2.05, 4.69) is 9.69 Å². The van der Waals surface area contributed by atoms with E-state index in [1.165, 1.54) is 11.8 Å². The van der Waals surface area contributed by atoms with Gasteiger partial charge in [-0.25, -0.2) is 13.2 Å². The Morgan fingerprint density at radius 1 is 1.48 bits per heavy atom. The highest BCUT2D eigenvalue weighted by Crippen LogP contribution is 2.25. The highest BCUT2D eigenvalue weighted by molar-refractivity contribution is 7.91. The molecule has 0 radical (unpaired) electrons. The van der Waals surface area contributed by atoms with Crippen molar-refractivity contribution in [3.63, 3.8) is 0 Å². The molecule has 1 fully saturated rings. The summed E-state index contributed by atoms with van der Waals surface area (Å²) in [6, 6.07) is -0.360. The number of aryl methyl sites for hydroxylation is 1. The standard InChI is InChI=1S/C15H23N3O5S2/c1-5-18(11-6-7-25(21,22)8-11)14(19)10(3)23-15(20)12-9(2)17-24-13(12)16-4/h10-11,16H,5-8H2,1-4H3/t10-,11-/m1/s1. The number of aromatic nitrogens is 1. The van der Waals surface area contributed by atoms with Crippen LogP contribution in [0.4, 0.5) is 5.00 Å². The zero-order chi connectivity index (χ0) is 18.8. The van der Waals surface area contributed by atoms with Gasteiger partial charge < -0.3 is 15.0 Å². The Labute approximate surface area is 151 Å². The molecule has 1 aromatic heterocycles. The fourth-order valence-electron chi connectivity index (χ4n) is 2.90. The monoisotopic (exact) mass is 389 g/mol. The van der Waals surface area contributed by atoms with Gasteiger partial charge in [0.05, 0.1) is 17.2 Å². The molecule has 1 saturated heterocycles. The average Bonchev–Trinajstić information content (AvgIpc) is 3.09. The molecule has 8 nitrogen and oxygen atoms in total. The lowest BCUT2D eigenvalue weighted by Crippen LogP contribution is -2.46. The molecular formula is C15H23N3O5S2. The molecule has 1 aliphatic rings. The third-order valence-corrected chi connectivity index (χ3v) is 6.90. The SMILES string of the molecule is CCN(C(=O)[C@@H](C)OC(=O)c1c(C)nsc1NC)[C@@H]1CCS(=O)(=O)C1. The van der Waals surface area contributed by atoms with Crippen molar-refractivity contribution >= 4 is 38.2 Å². The number of esters is 1. The van der Waals surface area contributed by atoms with Gasteiger partial charge in [-0.3, -0.25) is 4.79 Å². The molecule has 1 aliphatic heterocycles. The molecule has 25 heavy (non-hydrogen) atoms. The molecule has 1 amide bonds. The van der Waals surface area contributed by atoms with E-state index in [1.54, 1.807) is 20.9 Å². The van der Waals surface area contributed by atoms with Gasteiger partial charge in [-0.2, -0.15) is 4.37 Å². The quantitative estimate of drug-likeness (QED) is 0.726. The van der Waals surface area contributed by atoms with Crippen LogP contribution in [0.3, 0.4) is 0 Å². The van der Waals surface area contributed by atoms with Crippen LogP contribution >= 0.6 is 11.5 Å². The summed E-state index contributed by atoms with van der Waals surface area (Å²) in [5.74, 6) is -0.956. The Bertz CT molecular complexity index is 759. The summed E-state index contributed by atoms with van der Waals surface area (Å²) in [6.07, 6.45) is -0.584. The van der Waals surface area contributed by atoms with Crippen LogP contribution in [0.1, 0.15) is 36.3 Å². The third-order valence-electron chi connectivity index (χ3n) is 4.20. The van der Waals surface area contributed by atoms with Crippen LogP contribution < -0.4 is 5.32 Å². The first kappa shape index (κ1) is 19.6. The van der Waals surface area contributed by atoms with Gasteiger partial charge in [0.15, 0.2) is 15.9 Å². The van der Waals surface area contributed by atoms with E-state index in [0.29, 0.717) is 29.2 Å². The number of ether oxygens (including phenoxy) is 1. The summed E-state index contributed by atoms with van der Waals surface area (Å²) in [5, 5.41) is 3.46. The number of nitrogens with one attached hydrogen (secondary N) is 1.